The molecule has 6 heteroatoms. The number of hydrogen-bond acceptors (Lipinski definition) is 4. The van der Waals surface area contributed by atoms with Gasteiger partial charge in [0.1, 0.15) is 9.84 Å². The zero-order valence-electron chi connectivity index (χ0n) is 10.1. The fourth-order valence-corrected chi connectivity index (χ4v) is 1.80. The summed E-state index contributed by atoms with van der Waals surface area (Å²) in [6.07, 6.45) is 3.80. The highest BCUT2D eigenvalue weighted by molar-refractivity contribution is 7.90. The standard InChI is InChI=1S/C10H22N2O3S/c1-3-4-7-12-10(13)9-11-6-5-8-16(2,14)15/h11H,3-9H2,1-2H3,(H,12,13). The fourth-order valence-electron chi connectivity index (χ4n) is 1.13. The molecule has 1 amide bonds. The van der Waals surface area contributed by atoms with Crippen molar-refractivity contribution in [2.45, 2.75) is 26.2 Å². The van der Waals surface area contributed by atoms with E-state index >= 15 is 0 Å². The van der Waals surface area contributed by atoms with Crippen LogP contribution in [0.5, 0.6) is 0 Å². The maximum absolute atomic E-state index is 11.2. The third-order valence-electron chi connectivity index (χ3n) is 2.01. The van der Waals surface area contributed by atoms with Crippen molar-refractivity contribution in [1.82, 2.24) is 10.6 Å². The minimum atomic E-state index is -2.88. The van der Waals surface area contributed by atoms with Gasteiger partial charge in [-0.3, -0.25) is 4.79 Å². The molecule has 5 nitrogen and oxygen atoms in total. The highest BCUT2D eigenvalue weighted by Crippen LogP contribution is 1.86. The topological polar surface area (TPSA) is 75.3 Å². The zero-order chi connectivity index (χ0) is 12.4. The summed E-state index contributed by atoms with van der Waals surface area (Å²) in [5, 5.41) is 5.68. The lowest BCUT2D eigenvalue weighted by atomic mass is 10.3. The number of nitrogens with one attached hydrogen (secondary N) is 2. The summed E-state index contributed by atoms with van der Waals surface area (Å²) in [4.78, 5) is 11.2. The first-order valence-corrected chi connectivity index (χ1v) is 7.67. The molecular weight excluding hydrogens is 228 g/mol. The van der Waals surface area contributed by atoms with Gasteiger partial charge < -0.3 is 10.6 Å². The SMILES string of the molecule is CCCCNC(=O)CNCCCS(C)(=O)=O. The Morgan fingerprint density at radius 1 is 1.19 bits per heavy atom. The normalized spacial score (nSPS) is 11.4. The van der Waals surface area contributed by atoms with Crippen molar-refractivity contribution < 1.29 is 13.2 Å². The summed E-state index contributed by atoms with van der Waals surface area (Å²) in [6, 6.07) is 0. The monoisotopic (exact) mass is 250 g/mol. The molecule has 0 saturated carbocycles. The van der Waals surface area contributed by atoms with Crippen LogP contribution in [0.1, 0.15) is 26.2 Å². The molecule has 96 valence electrons. The summed E-state index contributed by atoms with van der Waals surface area (Å²) in [5.74, 6) is 0.130. The molecule has 0 aromatic rings. The fraction of sp³-hybridized carbons (Fsp3) is 0.900. The largest absolute Gasteiger partial charge is 0.355 e. The van der Waals surface area contributed by atoms with Gasteiger partial charge in [0.2, 0.25) is 5.91 Å². The van der Waals surface area contributed by atoms with E-state index < -0.39 is 9.84 Å². The number of carbonyl (C=O) groups is 1. The summed E-state index contributed by atoms with van der Waals surface area (Å²) in [6.45, 7) is 3.58. The second kappa shape index (κ2) is 8.52. The van der Waals surface area contributed by atoms with Crippen molar-refractivity contribution >= 4 is 15.7 Å². The Hall–Kier alpha value is -0.620. The average Bonchev–Trinajstić information content (AvgIpc) is 2.16. The van der Waals surface area contributed by atoms with Crippen LogP contribution in [0.2, 0.25) is 0 Å². The quantitative estimate of drug-likeness (QED) is 0.562. The van der Waals surface area contributed by atoms with Crippen LogP contribution >= 0.6 is 0 Å². The van der Waals surface area contributed by atoms with E-state index in [2.05, 4.69) is 17.6 Å². The third-order valence-corrected chi connectivity index (χ3v) is 3.04. The summed E-state index contributed by atoms with van der Waals surface area (Å²) in [7, 11) is -2.88. The van der Waals surface area contributed by atoms with Gasteiger partial charge in [-0.05, 0) is 19.4 Å². The van der Waals surface area contributed by atoms with Crippen LogP contribution in [-0.2, 0) is 14.6 Å². The second-order valence-corrected chi connectivity index (χ2v) is 6.12. The average molecular weight is 250 g/mol. The van der Waals surface area contributed by atoms with Gasteiger partial charge in [-0.15, -0.1) is 0 Å². The Morgan fingerprint density at radius 3 is 2.44 bits per heavy atom. The van der Waals surface area contributed by atoms with E-state index in [4.69, 9.17) is 0 Å². The number of carbonyl (C=O) groups excluding carboxylic acids is 1. The zero-order valence-corrected chi connectivity index (χ0v) is 10.9. The summed E-state index contributed by atoms with van der Waals surface area (Å²) >= 11 is 0. The number of hydrogen-bond donors (Lipinski definition) is 2. The van der Waals surface area contributed by atoms with Gasteiger partial charge in [0.15, 0.2) is 0 Å². The Bertz CT molecular complexity index is 288. The second-order valence-electron chi connectivity index (χ2n) is 3.86. The number of unbranched alkanes of at least 4 members (excludes halogenated alkanes) is 1. The lowest BCUT2D eigenvalue weighted by Gasteiger charge is -2.05. The Kier molecular flexibility index (Phi) is 8.19. The Morgan fingerprint density at radius 2 is 1.88 bits per heavy atom. The number of sulfone groups is 1. The molecule has 0 aliphatic rings. The van der Waals surface area contributed by atoms with Crippen LogP contribution in [0.15, 0.2) is 0 Å². The van der Waals surface area contributed by atoms with E-state index in [9.17, 15) is 13.2 Å². The molecule has 0 aliphatic heterocycles. The number of amides is 1. The van der Waals surface area contributed by atoms with Crippen molar-refractivity contribution in [2.24, 2.45) is 0 Å². The van der Waals surface area contributed by atoms with E-state index in [0.717, 1.165) is 12.8 Å². The molecule has 0 heterocycles. The van der Waals surface area contributed by atoms with E-state index in [1.807, 2.05) is 0 Å². The Labute approximate surface area is 97.9 Å². The van der Waals surface area contributed by atoms with Gasteiger partial charge in [-0.25, -0.2) is 8.42 Å². The molecule has 0 aromatic heterocycles. The molecule has 0 saturated heterocycles. The van der Waals surface area contributed by atoms with Crippen LogP contribution in [0, 0.1) is 0 Å². The maximum Gasteiger partial charge on any atom is 0.233 e. The highest BCUT2D eigenvalue weighted by atomic mass is 32.2. The first-order chi connectivity index (χ1) is 7.45. The van der Waals surface area contributed by atoms with Crippen molar-refractivity contribution in [2.75, 3.05) is 31.6 Å². The number of rotatable bonds is 9. The van der Waals surface area contributed by atoms with Gasteiger partial charge in [0, 0.05) is 12.8 Å². The van der Waals surface area contributed by atoms with Crippen LogP contribution in [0.3, 0.4) is 0 Å². The minimum absolute atomic E-state index is 0.0344. The van der Waals surface area contributed by atoms with Gasteiger partial charge in [0.05, 0.1) is 12.3 Å². The van der Waals surface area contributed by atoms with E-state index in [1.165, 1.54) is 6.26 Å². The highest BCUT2D eigenvalue weighted by Gasteiger charge is 2.02. The molecule has 0 rings (SSSR count). The van der Waals surface area contributed by atoms with Crippen LogP contribution in [-0.4, -0.2) is 46.0 Å². The first kappa shape index (κ1) is 15.4. The molecule has 0 aliphatic carbocycles. The molecule has 0 aromatic carbocycles. The molecule has 0 radical (unpaired) electrons. The molecular formula is C10H22N2O3S. The van der Waals surface area contributed by atoms with E-state index in [1.54, 1.807) is 0 Å². The van der Waals surface area contributed by atoms with Crippen molar-refractivity contribution in [1.29, 1.82) is 0 Å². The summed E-state index contributed by atoms with van der Waals surface area (Å²) in [5.41, 5.74) is 0. The smallest absolute Gasteiger partial charge is 0.233 e. The molecule has 0 atom stereocenters. The maximum atomic E-state index is 11.2. The van der Waals surface area contributed by atoms with Crippen LogP contribution < -0.4 is 10.6 Å². The van der Waals surface area contributed by atoms with Gasteiger partial charge >= 0.3 is 0 Å². The predicted octanol–water partition coefficient (Wildman–Crippen LogP) is -0.0730. The van der Waals surface area contributed by atoms with Crippen molar-refractivity contribution in [3.63, 3.8) is 0 Å². The molecule has 0 fully saturated rings. The molecule has 0 bridgehead atoms. The third kappa shape index (κ3) is 11.5. The van der Waals surface area contributed by atoms with Gasteiger partial charge in [-0.1, -0.05) is 13.3 Å². The van der Waals surface area contributed by atoms with Crippen LogP contribution in [0.25, 0.3) is 0 Å². The lowest BCUT2D eigenvalue weighted by Crippen LogP contribution is -2.35. The van der Waals surface area contributed by atoms with Crippen molar-refractivity contribution in [3.05, 3.63) is 0 Å². The lowest BCUT2D eigenvalue weighted by molar-refractivity contribution is -0.120. The predicted molar refractivity (Wildman–Crippen MR) is 65.1 cm³/mol. The Balaban J connectivity index is 3.34. The molecule has 0 spiro atoms. The van der Waals surface area contributed by atoms with Crippen molar-refractivity contribution in [3.8, 4) is 0 Å². The molecule has 2 N–H and O–H groups in total. The van der Waals surface area contributed by atoms with Crippen LogP contribution in [0.4, 0.5) is 0 Å². The molecule has 0 unspecified atom stereocenters. The van der Waals surface area contributed by atoms with E-state index in [-0.39, 0.29) is 18.2 Å². The first-order valence-electron chi connectivity index (χ1n) is 5.61. The van der Waals surface area contributed by atoms with E-state index in [0.29, 0.717) is 19.5 Å². The van der Waals surface area contributed by atoms with Gasteiger partial charge in [0.25, 0.3) is 0 Å². The minimum Gasteiger partial charge on any atom is -0.355 e. The van der Waals surface area contributed by atoms with Gasteiger partial charge in [-0.2, -0.15) is 0 Å². The summed E-state index contributed by atoms with van der Waals surface area (Å²) < 4.78 is 21.6. The molecule has 16 heavy (non-hydrogen) atoms.